The Morgan fingerprint density at radius 2 is 1.81 bits per heavy atom. The molecule has 1 saturated heterocycles. The lowest BCUT2D eigenvalue weighted by atomic mass is 10.0. The van der Waals surface area contributed by atoms with Gasteiger partial charge in [-0.3, -0.25) is 14.9 Å². The highest BCUT2D eigenvalue weighted by atomic mass is 79.9. The van der Waals surface area contributed by atoms with Gasteiger partial charge < -0.3 is 4.74 Å². The van der Waals surface area contributed by atoms with Crippen molar-refractivity contribution in [3.63, 3.8) is 0 Å². The molecule has 1 aliphatic heterocycles. The monoisotopic (exact) mass is 628 g/mol. The van der Waals surface area contributed by atoms with Crippen LogP contribution < -0.4 is 15.0 Å². The van der Waals surface area contributed by atoms with Gasteiger partial charge >= 0.3 is 0 Å². The second kappa shape index (κ2) is 11.3. The largest absolute Gasteiger partial charge is 0.487 e. The van der Waals surface area contributed by atoms with E-state index in [0.29, 0.717) is 28.8 Å². The van der Waals surface area contributed by atoms with Crippen LogP contribution in [0, 0.1) is 5.82 Å². The maximum absolute atomic E-state index is 14.4. The van der Waals surface area contributed by atoms with Crippen molar-refractivity contribution in [3.8, 4) is 5.75 Å². The summed E-state index contributed by atoms with van der Waals surface area (Å²) < 4.78 is 22.1. The lowest BCUT2D eigenvalue weighted by molar-refractivity contribution is -0.122. The number of anilines is 1. The Kier molecular flexibility index (Phi) is 8.13. The van der Waals surface area contributed by atoms with E-state index in [2.05, 4.69) is 43.8 Å². The Balaban J connectivity index is 1.67. The topological polar surface area (TPSA) is 58.6 Å². The third-order valence-electron chi connectivity index (χ3n) is 5.31. The summed E-state index contributed by atoms with van der Waals surface area (Å²) >= 11 is 12.1. The van der Waals surface area contributed by atoms with Crippen LogP contribution in [0.15, 0.2) is 87.8 Å². The van der Waals surface area contributed by atoms with Gasteiger partial charge in [0.25, 0.3) is 11.8 Å². The average molecular weight is 630 g/mol. The van der Waals surface area contributed by atoms with Gasteiger partial charge in [-0.1, -0.05) is 46.3 Å². The molecule has 182 valence electrons. The highest BCUT2D eigenvalue weighted by Gasteiger charge is 2.35. The first-order valence-corrected chi connectivity index (χ1v) is 12.7. The van der Waals surface area contributed by atoms with Crippen LogP contribution in [0.3, 0.4) is 0 Å². The Hall–Kier alpha value is -3.14. The van der Waals surface area contributed by atoms with Crippen molar-refractivity contribution >= 4 is 72.8 Å². The van der Waals surface area contributed by atoms with Crippen molar-refractivity contribution < 1.29 is 18.7 Å². The molecule has 1 fully saturated rings. The first-order valence-electron chi connectivity index (χ1n) is 10.7. The van der Waals surface area contributed by atoms with Crippen molar-refractivity contribution in [1.82, 2.24) is 5.32 Å². The highest BCUT2D eigenvalue weighted by Crippen LogP contribution is 2.34. The van der Waals surface area contributed by atoms with Crippen molar-refractivity contribution in [2.45, 2.75) is 13.0 Å². The van der Waals surface area contributed by atoms with Crippen LogP contribution in [0.4, 0.5) is 10.1 Å². The van der Waals surface area contributed by atoms with Crippen molar-refractivity contribution in [2.24, 2.45) is 0 Å². The lowest BCUT2D eigenvalue weighted by Crippen LogP contribution is -2.54. The van der Waals surface area contributed by atoms with E-state index in [9.17, 15) is 14.0 Å². The smallest absolute Gasteiger partial charge is 0.270 e. The fourth-order valence-corrected chi connectivity index (χ4v) is 4.81. The van der Waals surface area contributed by atoms with Crippen molar-refractivity contribution in [3.05, 3.63) is 110 Å². The van der Waals surface area contributed by atoms with Gasteiger partial charge in [-0.05, 0) is 93.7 Å². The van der Waals surface area contributed by atoms with Gasteiger partial charge in [-0.25, -0.2) is 9.29 Å². The molecule has 0 bridgehead atoms. The van der Waals surface area contributed by atoms with Gasteiger partial charge in [-0.15, -0.1) is 6.58 Å². The fourth-order valence-electron chi connectivity index (χ4n) is 3.64. The quantitative estimate of drug-likeness (QED) is 0.141. The number of carbonyl (C=O) groups excluding carboxylic acids is 2. The van der Waals surface area contributed by atoms with Crippen LogP contribution in [0.5, 0.6) is 5.75 Å². The first-order chi connectivity index (χ1) is 17.3. The van der Waals surface area contributed by atoms with Gasteiger partial charge in [-0.2, -0.15) is 0 Å². The zero-order valence-corrected chi connectivity index (χ0v) is 22.8. The summed E-state index contributed by atoms with van der Waals surface area (Å²) in [5, 5.41) is 2.29. The van der Waals surface area contributed by atoms with E-state index in [1.165, 1.54) is 24.3 Å². The van der Waals surface area contributed by atoms with E-state index in [4.69, 9.17) is 17.0 Å². The second-order valence-corrected chi connectivity index (χ2v) is 9.96. The van der Waals surface area contributed by atoms with E-state index in [1.807, 2.05) is 30.3 Å². The average Bonchev–Trinajstić information content (AvgIpc) is 2.83. The normalized spacial score (nSPS) is 14.7. The molecular formula is C27H19Br2FN2O3S. The molecule has 1 N–H and O–H groups in total. The van der Waals surface area contributed by atoms with Crippen LogP contribution in [0.2, 0.25) is 0 Å². The maximum Gasteiger partial charge on any atom is 0.270 e. The summed E-state index contributed by atoms with van der Waals surface area (Å²) in [6.07, 6.45) is 3.68. The Morgan fingerprint density at radius 1 is 1.08 bits per heavy atom. The molecule has 2 amide bonds. The molecule has 1 aliphatic rings. The predicted octanol–water partition coefficient (Wildman–Crippen LogP) is 6.49. The van der Waals surface area contributed by atoms with Crippen LogP contribution in [0.25, 0.3) is 6.08 Å². The minimum absolute atomic E-state index is 0.0383. The summed E-state index contributed by atoms with van der Waals surface area (Å²) in [5.41, 5.74) is 2.17. The van der Waals surface area contributed by atoms with E-state index < -0.39 is 17.6 Å². The number of halogens is 3. The summed E-state index contributed by atoms with van der Waals surface area (Å²) in [7, 11) is 0. The number of ether oxygens (including phenoxy) is 1. The molecule has 5 nitrogen and oxygen atoms in total. The lowest BCUT2D eigenvalue weighted by Gasteiger charge is -2.29. The number of rotatable bonds is 7. The molecule has 0 saturated carbocycles. The molecule has 3 aromatic rings. The van der Waals surface area contributed by atoms with Crippen LogP contribution in [0.1, 0.15) is 16.7 Å². The van der Waals surface area contributed by atoms with Crippen LogP contribution in [-0.2, 0) is 22.6 Å². The Labute approximate surface area is 229 Å². The van der Waals surface area contributed by atoms with Gasteiger partial charge in [0.05, 0.1) is 10.2 Å². The zero-order chi connectivity index (χ0) is 25.8. The number of para-hydroxylation sites is 1. The van der Waals surface area contributed by atoms with Crippen LogP contribution >= 0.6 is 44.1 Å². The minimum atomic E-state index is -0.717. The maximum atomic E-state index is 14.4. The van der Waals surface area contributed by atoms with Gasteiger partial charge in [0.15, 0.2) is 5.11 Å². The highest BCUT2D eigenvalue weighted by molar-refractivity contribution is 9.10. The van der Waals surface area contributed by atoms with E-state index in [0.717, 1.165) is 20.5 Å². The summed E-state index contributed by atoms with van der Waals surface area (Å²) in [6, 6.07) is 17.1. The number of allylic oxidation sites excluding steroid dienone is 1. The SMILES string of the molecule is C=CCc1cc(/C=C2\C(=O)NC(=S)N(c3ccccc3F)C2=O)cc(Br)c1OCc1ccc(Br)cc1. The molecule has 3 aromatic carbocycles. The number of hydrogen-bond acceptors (Lipinski definition) is 4. The van der Waals surface area contributed by atoms with Gasteiger partial charge in [0.1, 0.15) is 23.7 Å². The molecule has 0 aromatic heterocycles. The zero-order valence-electron chi connectivity index (χ0n) is 18.8. The standard InChI is InChI=1S/C27H19Br2FN2O3S/c1-2-5-18-12-17(14-21(29)24(18)35-15-16-8-10-19(28)11-9-16)13-20-25(33)31-27(36)32(26(20)34)23-7-4-3-6-22(23)30/h2-4,6-14H,1,5,15H2,(H,31,33,36)/b20-13+. The molecule has 0 aliphatic carbocycles. The first kappa shape index (κ1) is 25.9. The summed E-state index contributed by atoms with van der Waals surface area (Å²) in [6.45, 7) is 4.17. The van der Waals surface area contributed by atoms with Crippen LogP contribution in [-0.4, -0.2) is 16.9 Å². The third-order valence-corrected chi connectivity index (χ3v) is 6.71. The molecule has 36 heavy (non-hydrogen) atoms. The number of hydrogen-bond donors (Lipinski definition) is 1. The molecular weight excluding hydrogens is 611 g/mol. The van der Waals surface area contributed by atoms with E-state index in [-0.39, 0.29) is 16.4 Å². The summed E-state index contributed by atoms with van der Waals surface area (Å²) in [4.78, 5) is 26.9. The fraction of sp³-hybridized carbons (Fsp3) is 0.0741. The number of carbonyl (C=O) groups is 2. The Morgan fingerprint density at radius 3 is 2.50 bits per heavy atom. The van der Waals surface area contributed by atoms with Crippen molar-refractivity contribution in [1.29, 1.82) is 0 Å². The van der Waals surface area contributed by atoms with E-state index in [1.54, 1.807) is 18.2 Å². The molecule has 0 atom stereocenters. The van der Waals surface area contributed by atoms with Gasteiger partial charge in [0, 0.05) is 4.47 Å². The Bertz CT molecular complexity index is 1410. The molecule has 0 spiro atoms. The molecule has 0 radical (unpaired) electrons. The number of amides is 2. The van der Waals surface area contributed by atoms with Gasteiger partial charge in [0.2, 0.25) is 0 Å². The number of benzene rings is 3. The van der Waals surface area contributed by atoms with Crippen molar-refractivity contribution in [2.75, 3.05) is 4.90 Å². The number of nitrogens with one attached hydrogen (secondary N) is 1. The summed E-state index contributed by atoms with van der Waals surface area (Å²) in [5.74, 6) is -1.37. The molecule has 9 heteroatoms. The number of nitrogens with zero attached hydrogens (tertiary/aromatic N) is 1. The molecule has 4 rings (SSSR count). The predicted molar refractivity (Wildman–Crippen MR) is 149 cm³/mol. The van der Waals surface area contributed by atoms with E-state index >= 15 is 0 Å². The molecule has 0 unspecified atom stereocenters. The molecule has 1 heterocycles. The second-order valence-electron chi connectivity index (χ2n) is 7.81. The third kappa shape index (κ3) is 5.64. The minimum Gasteiger partial charge on any atom is -0.487 e. The number of thiocarbonyl (C=S) groups is 1.